The molecule has 2 nitrogen and oxygen atoms in total. The summed E-state index contributed by atoms with van der Waals surface area (Å²) in [5.41, 5.74) is 0. The summed E-state index contributed by atoms with van der Waals surface area (Å²) in [5, 5.41) is 8.75. The standard InChI is InChI=1S/C20H38O2/c1-3-4-5-6-7-8-9-10-11-12-13-14-15-16-17-18-19-22-20(2)21/h10-11,21H,2-9,12-19H2,1H3/b11-10-. The molecule has 0 aliphatic heterocycles. The molecule has 0 aromatic heterocycles. The molecule has 130 valence electrons. The van der Waals surface area contributed by atoms with E-state index in [-0.39, 0.29) is 5.95 Å². The number of rotatable bonds is 17. The summed E-state index contributed by atoms with van der Waals surface area (Å²) < 4.78 is 4.91. The molecule has 0 saturated carbocycles. The van der Waals surface area contributed by atoms with Crippen LogP contribution in [-0.2, 0) is 4.74 Å². The first-order chi connectivity index (χ1) is 10.8. The Balaban J connectivity index is 3.06. The van der Waals surface area contributed by atoms with Crippen LogP contribution in [0.3, 0.4) is 0 Å². The van der Waals surface area contributed by atoms with E-state index in [2.05, 4.69) is 25.7 Å². The molecule has 0 fully saturated rings. The molecular weight excluding hydrogens is 272 g/mol. The summed E-state index contributed by atoms with van der Waals surface area (Å²) >= 11 is 0. The quantitative estimate of drug-likeness (QED) is 0.177. The second-order valence-corrected chi connectivity index (χ2v) is 6.18. The molecule has 0 aromatic carbocycles. The Morgan fingerprint density at radius 3 is 1.73 bits per heavy atom. The van der Waals surface area contributed by atoms with E-state index in [9.17, 15) is 0 Å². The van der Waals surface area contributed by atoms with Crippen LogP contribution in [-0.4, -0.2) is 11.7 Å². The molecule has 0 atom stereocenters. The summed E-state index contributed by atoms with van der Waals surface area (Å²) in [7, 11) is 0. The molecule has 0 saturated heterocycles. The van der Waals surface area contributed by atoms with Crippen LogP contribution in [0.25, 0.3) is 0 Å². The highest BCUT2D eigenvalue weighted by Crippen LogP contribution is 2.10. The minimum atomic E-state index is -0.159. The normalized spacial score (nSPS) is 11.1. The number of hydrogen-bond acceptors (Lipinski definition) is 2. The minimum Gasteiger partial charge on any atom is -0.481 e. The predicted octanol–water partition coefficient (Wildman–Crippen LogP) is 7.07. The first-order valence-electron chi connectivity index (χ1n) is 9.43. The van der Waals surface area contributed by atoms with Gasteiger partial charge in [0.25, 0.3) is 5.95 Å². The first-order valence-corrected chi connectivity index (χ1v) is 9.43. The van der Waals surface area contributed by atoms with E-state index in [0.717, 1.165) is 6.42 Å². The highest BCUT2D eigenvalue weighted by atomic mass is 16.6. The molecule has 0 rings (SSSR count). The van der Waals surface area contributed by atoms with Crippen molar-refractivity contribution >= 4 is 0 Å². The van der Waals surface area contributed by atoms with Crippen molar-refractivity contribution in [3.05, 3.63) is 24.7 Å². The van der Waals surface area contributed by atoms with E-state index in [0.29, 0.717) is 6.61 Å². The van der Waals surface area contributed by atoms with Crippen molar-refractivity contribution in [2.75, 3.05) is 6.61 Å². The van der Waals surface area contributed by atoms with Crippen molar-refractivity contribution < 1.29 is 9.84 Å². The molecule has 1 N–H and O–H groups in total. The zero-order chi connectivity index (χ0) is 16.3. The van der Waals surface area contributed by atoms with Crippen LogP contribution in [0.1, 0.15) is 96.8 Å². The van der Waals surface area contributed by atoms with Gasteiger partial charge in [-0.2, -0.15) is 0 Å². The molecular formula is C20H38O2. The van der Waals surface area contributed by atoms with Gasteiger partial charge in [0.05, 0.1) is 6.61 Å². The molecule has 0 radical (unpaired) electrons. The number of allylic oxidation sites excluding steroid dienone is 2. The SMILES string of the molecule is C=C(O)OCCCCCCCC/C=C\CCCCCCCC. The van der Waals surface area contributed by atoms with Crippen LogP contribution in [0, 0.1) is 0 Å². The maximum atomic E-state index is 8.75. The van der Waals surface area contributed by atoms with E-state index in [1.807, 2.05) is 0 Å². The zero-order valence-electron chi connectivity index (χ0n) is 14.8. The Bertz CT molecular complexity index is 258. The zero-order valence-corrected chi connectivity index (χ0v) is 14.8. The molecule has 0 aliphatic carbocycles. The van der Waals surface area contributed by atoms with Gasteiger partial charge in [0.15, 0.2) is 0 Å². The molecule has 0 unspecified atom stereocenters. The maximum absolute atomic E-state index is 8.75. The van der Waals surface area contributed by atoms with Crippen molar-refractivity contribution in [2.24, 2.45) is 0 Å². The maximum Gasteiger partial charge on any atom is 0.268 e. The van der Waals surface area contributed by atoms with Crippen molar-refractivity contribution in [1.82, 2.24) is 0 Å². The van der Waals surface area contributed by atoms with Crippen LogP contribution < -0.4 is 0 Å². The van der Waals surface area contributed by atoms with Crippen molar-refractivity contribution in [2.45, 2.75) is 96.8 Å². The van der Waals surface area contributed by atoms with Crippen molar-refractivity contribution in [1.29, 1.82) is 0 Å². The molecule has 0 spiro atoms. The Hall–Kier alpha value is -0.920. The topological polar surface area (TPSA) is 29.5 Å². The Morgan fingerprint density at radius 1 is 0.773 bits per heavy atom. The molecule has 0 aliphatic rings. The van der Waals surface area contributed by atoms with Crippen molar-refractivity contribution in [3.8, 4) is 0 Å². The molecule has 22 heavy (non-hydrogen) atoms. The summed E-state index contributed by atoms with van der Waals surface area (Å²) in [4.78, 5) is 0. The lowest BCUT2D eigenvalue weighted by Gasteiger charge is -2.03. The van der Waals surface area contributed by atoms with Crippen LogP contribution in [0.2, 0.25) is 0 Å². The van der Waals surface area contributed by atoms with E-state index >= 15 is 0 Å². The van der Waals surface area contributed by atoms with Crippen LogP contribution in [0.15, 0.2) is 24.7 Å². The lowest BCUT2D eigenvalue weighted by atomic mass is 10.1. The van der Waals surface area contributed by atoms with E-state index in [1.165, 1.54) is 83.5 Å². The molecule has 0 heterocycles. The fraction of sp³-hybridized carbons (Fsp3) is 0.800. The lowest BCUT2D eigenvalue weighted by molar-refractivity contribution is 0.0926. The highest BCUT2D eigenvalue weighted by Gasteiger charge is 1.93. The van der Waals surface area contributed by atoms with Gasteiger partial charge in [0.2, 0.25) is 0 Å². The number of aliphatic hydroxyl groups is 1. The van der Waals surface area contributed by atoms with Crippen molar-refractivity contribution in [3.63, 3.8) is 0 Å². The van der Waals surface area contributed by atoms with Gasteiger partial charge >= 0.3 is 0 Å². The predicted molar refractivity (Wildman–Crippen MR) is 97.2 cm³/mol. The summed E-state index contributed by atoms with van der Waals surface area (Å²) in [6, 6.07) is 0. The third-order valence-corrected chi connectivity index (χ3v) is 3.92. The fourth-order valence-electron chi connectivity index (χ4n) is 2.54. The smallest absolute Gasteiger partial charge is 0.268 e. The van der Waals surface area contributed by atoms with Gasteiger partial charge in [-0.25, -0.2) is 0 Å². The van der Waals surface area contributed by atoms with Gasteiger partial charge in [0.1, 0.15) is 0 Å². The summed E-state index contributed by atoms with van der Waals surface area (Å²) in [6.45, 7) is 6.16. The van der Waals surface area contributed by atoms with Gasteiger partial charge in [-0.3, -0.25) is 0 Å². The number of aliphatic hydroxyl groups excluding tert-OH is 1. The molecule has 0 amide bonds. The van der Waals surface area contributed by atoms with E-state index in [1.54, 1.807) is 0 Å². The largest absolute Gasteiger partial charge is 0.481 e. The van der Waals surface area contributed by atoms with Gasteiger partial charge < -0.3 is 9.84 Å². The second kappa shape index (κ2) is 18.1. The van der Waals surface area contributed by atoms with Gasteiger partial charge in [0, 0.05) is 0 Å². The Morgan fingerprint density at radius 2 is 1.23 bits per heavy atom. The molecule has 2 heteroatoms. The summed E-state index contributed by atoms with van der Waals surface area (Å²) in [5.74, 6) is -0.159. The molecule has 0 bridgehead atoms. The monoisotopic (exact) mass is 310 g/mol. The van der Waals surface area contributed by atoms with Gasteiger partial charge in [-0.15, -0.1) is 0 Å². The minimum absolute atomic E-state index is 0.159. The van der Waals surface area contributed by atoms with E-state index < -0.39 is 0 Å². The lowest BCUT2D eigenvalue weighted by Crippen LogP contribution is -1.92. The van der Waals surface area contributed by atoms with Gasteiger partial charge in [-0.05, 0) is 38.7 Å². The Kier molecular flexibility index (Phi) is 17.4. The Labute approximate surface area is 138 Å². The number of unbranched alkanes of at least 4 members (excludes halogenated alkanes) is 12. The van der Waals surface area contributed by atoms with Crippen LogP contribution in [0.4, 0.5) is 0 Å². The van der Waals surface area contributed by atoms with Crippen LogP contribution >= 0.6 is 0 Å². The van der Waals surface area contributed by atoms with Crippen LogP contribution in [0.5, 0.6) is 0 Å². The van der Waals surface area contributed by atoms with E-state index in [4.69, 9.17) is 9.84 Å². The third-order valence-electron chi connectivity index (χ3n) is 3.92. The number of ether oxygens (including phenoxy) is 1. The second-order valence-electron chi connectivity index (χ2n) is 6.18. The summed E-state index contributed by atoms with van der Waals surface area (Å²) in [6.07, 6.45) is 23.0. The fourth-order valence-corrected chi connectivity index (χ4v) is 2.54. The third kappa shape index (κ3) is 19.1. The average Bonchev–Trinajstić information content (AvgIpc) is 2.50. The molecule has 0 aromatic rings. The average molecular weight is 311 g/mol. The first kappa shape index (κ1) is 21.1. The number of hydrogen-bond donors (Lipinski definition) is 1. The highest BCUT2D eigenvalue weighted by molar-refractivity contribution is 4.81. The van der Waals surface area contributed by atoms with Gasteiger partial charge in [-0.1, -0.05) is 76.9 Å².